The molecule has 0 saturated carbocycles. The minimum Gasteiger partial charge on any atom is -0.466 e. The van der Waals surface area contributed by atoms with Crippen molar-refractivity contribution < 1.29 is 4.74 Å². The zero-order valence-corrected chi connectivity index (χ0v) is 16.4. The number of para-hydroxylation sites is 1. The van der Waals surface area contributed by atoms with Gasteiger partial charge in [-0.15, -0.1) is 0 Å². The second-order valence-corrected chi connectivity index (χ2v) is 8.69. The van der Waals surface area contributed by atoms with Crippen LogP contribution in [0.5, 0.6) is 5.75 Å². The maximum Gasteiger partial charge on any atom is 0.270 e. The minimum atomic E-state index is -0.620. The predicted octanol–water partition coefficient (Wildman–Crippen LogP) is 3.22. The van der Waals surface area contributed by atoms with Crippen molar-refractivity contribution in [3.05, 3.63) is 83.8 Å². The molecule has 2 bridgehead atoms. The van der Waals surface area contributed by atoms with Crippen molar-refractivity contribution in [3.8, 4) is 5.75 Å². The third kappa shape index (κ3) is 2.47. The summed E-state index contributed by atoms with van der Waals surface area (Å²) in [6.07, 6.45) is 2.60. The summed E-state index contributed by atoms with van der Waals surface area (Å²) in [7, 11) is 0. The van der Waals surface area contributed by atoms with Gasteiger partial charge in [0.05, 0.1) is 10.6 Å². The van der Waals surface area contributed by atoms with Gasteiger partial charge in [-0.1, -0.05) is 57.6 Å². The number of thiazole rings is 1. The quantitative estimate of drug-likeness (QED) is 0.599. The highest BCUT2D eigenvalue weighted by molar-refractivity contribution is 9.10. The van der Waals surface area contributed by atoms with Crippen LogP contribution in [0.15, 0.2) is 62.8 Å². The largest absolute Gasteiger partial charge is 0.466 e. The van der Waals surface area contributed by atoms with Gasteiger partial charge < -0.3 is 4.74 Å². The smallest absolute Gasteiger partial charge is 0.270 e. The standard InChI is InChI=1S/C20H15BrN2O2S/c1-20-11-15(14-4-2-3-5-16(14)25-20)23-18(24)17(26-19(23)22-20)10-12-6-8-13(21)9-7-12/h2-10,15H,11H2,1H3. The SMILES string of the molecule is CC12CC(c3ccccc3O1)n1c(sc(=Cc3ccc(Br)cc3)c1=O)=N2. The van der Waals surface area contributed by atoms with E-state index >= 15 is 0 Å². The number of halogens is 1. The molecule has 2 aliphatic rings. The lowest BCUT2D eigenvalue weighted by Crippen LogP contribution is -2.49. The summed E-state index contributed by atoms with van der Waals surface area (Å²) in [6.45, 7) is 1.99. The van der Waals surface area contributed by atoms with E-state index in [-0.39, 0.29) is 11.6 Å². The van der Waals surface area contributed by atoms with Gasteiger partial charge in [0.25, 0.3) is 5.56 Å². The van der Waals surface area contributed by atoms with E-state index in [0.717, 1.165) is 26.2 Å². The lowest BCUT2D eigenvalue weighted by Gasteiger charge is -2.39. The van der Waals surface area contributed by atoms with Crippen LogP contribution in [0.25, 0.3) is 6.08 Å². The number of aromatic nitrogens is 1. The first-order valence-electron chi connectivity index (χ1n) is 8.39. The monoisotopic (exact) mass is 426 g/mol. The molecule has 26 heavy (non-hydrogen) atoms. The van der Waals surface area contributed by atoms with Crippen molar-refractivity contribution in [2.45, 2.75) is 25.1 Å². The number of ether oxygens (including phenoxy) is 1. The molecule has 130 valence electrons. The van der Waals surface area contributed by atoms with Crippen LogP contribution in [0.1, 0.15) is 30.5 Å². The molecule has 2 aromatic carbocycles. The Bertz CT molecular complexity index is 1200. The number of hydrogen-bond donors (Lipinski definition) is 0. The van der Waals surface area contributed by atoms with Gasteiger partial charge in [0.2, 0.25) is 5.72 Å². The predicted molar refractivity (Wildman–Crippen MR) is 105 cm³/mol. The first kappa shape index (κ1) is 16.0. The molecule has 4 nitrogen and oxygen atoms in total. The molecule has 0 aliphatic carbocycles. The van der Waals surface area contributed by atoms with E-state index in [9.17, 15) is 4.79 Å². The Kier molecular flexibility index (Phi) is 3.49. The molecule has 0 N–H and O–H groups in total. The van der Waals surface area contributed by atoms with Crippen LogP contribution in [0.4, 0.5) is 0 Å². The highest BCUT2D eigenvalue weighted by atomic mass is 79.9. The van der Waals surface area contributed by atoms with Crippen LogP contribution in [0, 0.1) is 0 Å². The first-order valence-corrected chi connectivity index (χ1v) is 10.00. The first-order chi connectivity index (χ1) is 12.5. The van der Waals surface area contributed by atoms with E-state index in [1.807, 2.05) is 66.1 Å². The molecule has 0 fully saturated rings. The average molecular weight is 427 g/mol. The summed E-state index contributed by atoms with van der Waals surface area (Å²) < 4.78 is 9.68. The summed E-state index contributed by atoms with van der Waals surface area (Å²) in [5.41, 5.74) is 1.44. The Morgan fingerprint density at radius 2 is 2.04 bits per heavy atom. The molecule has 2 aliphatic heterocycles. The van der Waals surface area contributed by atoms with Crippen LogP contribution < -0.4 is 19.6 Å². The Hall–Kier alpha value is -2.18. The maximum absolute atomic E-state index is 13.1. The Labute approximate surface area is 162 Å². The summed E-state index contributed by atoms with van der Waals surface area (Å²) >= 11 is 4.87. The van der Waals surface area contributed by atoms with Gasteiger partial charge in [-0.3, -0.25) is 9.36 Å². The zero-order valence-electron chi connectivity index (χ0n) is 14.0. The summed E-state index contributed by atoms with van der Waals surface area (Å²) in [5, 5.41) is 0. The van der Waals surface area contributed by atoms with Crippen LogP contribution >= 0.6 is 27.3 Å². The third-order valence-electron chi connectivity index (χ3n) is 4.83. The lowest BCUT2D eigenvalue weighted by atomic mass is 9.93. The zero-order chi connectivity index (χ0) is 17.9. The van der Waals surface area contributed by atoms with E-state index in [1.165, 1.54) is 11.3 Å². The van der Waals surface area contributed by atoms with Crippen LogP contribution in [-0.4, -0.2) is 10.3 Å². The molecule has 5 rings (SSSR count). The van der Waals surface area contributed by atoms with Crippen molar-refractivity contribution >= 4 is 33.3 Å². The van der Waals surface area contributed by atoms with Crippen molar-refractivity contribution in [1.29, 1.82) is 0 Å². The van der Waals surface area contributed by atoms with E-state index < -0.39 is 5.72 Å². The van der Waals surface area contributed by atoms with Crippen molar-refractivity contribution in [2.24, 2.45) is 4.99 Å². The number of hydrogen-bond acceptors (Lipinski definition) is 4. The Balaban J connectivity index is 1.74. The number of fused-ring (bicyclic) bond motifs is 6. The normalized spacial score (nSPS) is 23.6. The molecule has 2 unspecified atom stereocenters. The summed E-state index contributed by atoms with van der Waals surface area (Å²) in [6, 6.07) is 15.8. The molecule has 6 heteroatoms. The molecule has 1 aromatic heterocycles. The fourth-order valence-corrected chi connectivity index (χ4v) is 5.04. The number of benzene rings is 2. The van der Waals surface area contributed by atoms with Gasteiger partial charge in [-0.25, -0.2) is 4.99 Å². The van der Waals surface area contributed by atoms with Crippen LogP contribution in [-0.2, 0) is 0 Å². The maximum atomic E-state index is 13.1. The number of rotatable bonds is 1. The number of nitrogens with zero attached hydrogens (tertiary/aromatic N) is 2. The fraction of sp³-hybridized carbons (Fsp3) is 0.200. The molecule has 3 heterocycles. The van der Waals surface area contributed by atoms with Gasteiger partial charge in [-0.2, -0.15) is 0 Å². The fourth-order valence-electron chi connectivity index (χ4n) is 3.65. The summed E-state index contributed by atoms with van der Waals surface area (Å²) in [5.74, 6) is 0.817. The van der Waals surface area contributed by atoms with Crippen molar-refractivity contribution in [1.82, 2.24) is 4.57 Å². The molecule has 0 radical (unpaired) electrons. The van der Waals surface area contributed by atoms with E-state index in [1.54, 1.807) is 0 Å². The second-order valence-electron chi connectivity index (χ2n) is 6.77. The van der Waals surface area contributed by atoms with Gasteiger partial charge in [0.1, 0.15) is 5.75 Å². The average Bonchev–Trinajstić information content (AvgIpc) is 2.91. The molecule has 0 spiro atoms. The van der Waals surface area contributed by atoms with Gasteiger partial charge in [-0.05, 0) is 36.8 Å². The highest BCUT2D eigenvalue weighted by Crippen LogP contribution is 2.42. The van der Waals surface area contributed by atoms with Gasteiger partial charge in [0, 0.05) is 16.5 Å². The summed E-state index contributed by atoms with van der Waals surface area (Å²) in [4.78, 5) is 18.6. The molecule has 3 aromatic rings. The molecule has 0 amide bonds. The second kappa shape index (κ2) is 5.66. The van der Waals surface area contributed by atoms with Crippen LogP contribution in [0.3, 0.4) is 0 Å². The van der Waals surface area contributed by atoms with Gasteiger partial charge in [0.15, 0.2) is 4.80 Å². The van der Waals surface area contributed by atoms with Gasteiger partial charge >= 0.3 is 0 Å². The van der Waals surface area contributed by atoms with Crippen LogP contribution in [0.2, 0.25) is 0 Å². The molecular weight excluding hydrogens is 412 g/mol. The van der Waals surface area contributed by atoms with Crippen molar-refractivity contribution in [2.75, 3.05) is 0 Å². The van der Waals surface area contributed by atoms with E-state index in [0.29, 0.717) is 11.0 Å². The highest BCUT2D eigenvalue weighted by Gasteiger charge is 2.42. The Morgan fingerprint density at radius 3 is 2.85 bits per heavy atom. The topological polar surface area (TPSA) is 43.6 Å². The molecule has 0 saturated heterocycles. The van der Waals surface area contributed by atoms with E-state index in [4.69, 9.17) is 9.73 Å². The molecule has 2 atom stereocenters. The van der Waals surface area contributed by atoms with Crippen molar-refractivity contribution in [3.63, 3.8) is 0 Å². The molecular formula is C20H15BrN2O2S. The Morgan fingerprint density at radius 1 is 1.27 bits per heavy atom. The minimum absolute atomic E-state index is 0.0143. The third-order valence-corrected chi connectivity index (χ3v) is 6.34. The lowest BCUT2D eigenvalue weighted by molar-refractivity contribution is 0.0410. The van der Waals surface area contributed by atoms with E-state index in [2.05, 4.69) is 15.9 Å².